The van der Waals surface area contributed by atoms with Gasteiger partial charge in [-0.1, -0.05) is 6.92 Å². The molecule has 0 aliphatic rings. The van der Waals surface area contributed by atoms with Gasteiger partial charge in [-0.15, -0.1) is 0 Å². The maximum Gasteiger partial charge on any atom is 0.508 e. The topological polar surface area (TPSA) is 91.3 Å². The molecular formula is C17H19F5O7. The van der Waals surface area contributed by atoms with Crippen LogP contribution in [0.3, 0.4) is 0 Å². The highest BCUT2D eigenvalue weighted by Crippen LogP contribution is 2.31. The lowest BCUT2D eigenvalue weighted by molar-refractivity contribution is -0.151. The summed E-state index contributed by atoms with van der Waals surface area (Å²) in [4.78, 5) is 23.6. The summed E-state index contributed by atoms with van der Waals surface area (Å²) in [6, 6.07) is 0. The first kappa shape index (κ1) is 24.6. The van der Waals surface area contributed by atoms with Crippen molar-refractivity contribution in [3.05, 3.63) is 29.1 Å². The van der Waals surface area contributed by atoms with Crippen LogP contribution in [0.5, 0.6) is 5.75 Å². The van der Waals surface area contributed by atoms with E-state index in [1.807, 2.05) is 6.92 Å². The van der Waals surface area contributed by atoms with Crippen molar-refractivity contribution >= 4 is 12.1 Å². The van der Waals surface area contributed by atoms with E-state index in [1.54, 1.807) is 0 Å². The third-order valence-electron chi connectivity index (χ3n) is 3.51. The van der Waals surface area contributed by atoms with E-state index in [-0.39, 0.29) is 13.2 Å². The molecule has 0 saturated carbocycles. The van der Waals surface area contributed by atoms with Gasteiger partial charge in [-0.25, -0.2) is 18.0 Å². The highest BCUT2D eigenvalue weighted by molar-refractivity contribution is 5.79. The Morgan fingerprint density at radius 3 is 1.97 bits per heavy atom. The quantitative estimate of drug-likeness (QED) is 0.152. The van der Waals surface area contributed by atoms with Crippen LogP contribution >= 0.6 is 0 Å². The number of esters is 1. The van der Waals surface area contributed by atoms with Gasteiger partial charge in [-0.2, -0.15) is 8.78 Å². The molecule has 12 heteroatoms. The van der Waals surface area contributed by atoms with Crippen LogP contribution in [0.25, 0.3) is 0 Å². The Bertz CT molecular complexity index is 714. The van der Waals surface area contributed by atoms with Crippen molar-refractivity contribution in [2.45, 2.75) is 20.3 Å². The van der Waals surface area contributed by atoms with Gasteiger partial charge in [0.15, 0.2) is 0 Å². The Morgan fingerprint density at radius 1 is 0.897 bits per heavy atom. The number of hydrogen-bond acceptors (Lipinski definition) is 7. The van der Waals surface area contributed by atoms with E-state index in [0.717, 1.165) is 13.3 Å². The molecule has 1 aromatic carbocycles. The number of aliphatic hydroxyl groups is 1. The molecule has 0 fully saturated rings. The summed E-state index contributed by atoms with van der Waals surface area (Å²) in [5.74, 6) is -15.3. The van der Waals surface area contributed by atoms with Crippen LogP contribution in [-0.4, -0.2) is 50.3 Å². The molecule has 0 amide bonds. The van der Waals surface area contributed by atoms with Gasteiger partial charge >= 0.3 is 12.1 Å². The number of aliphatic hydroxyl groups excluding tert-OH is 1. The van der Waals surface area contributed by atoms with Crippen LogP contribution in [0.1, 0.15) is 20.3 Å². The Morgan fingerprint density at radius 2 is 1.45 bits per heavy atom. The van der Waals surface area contributed by atoms with Crippen LogP contribution in [0, 0.1) is 34.5 Å². The van der Waals surface area contributed by atoms with E-state index in [0.29, 0.717) is 6.61 Å². The number of hydrogen-bond donors (Lipinski definition) is 1. The number of ether oxygens (including phenoxy) is 4. The summed E-state index contributed by atoms with van der Waals surface area (Å²) in [6.45, 7) is 1.30. The molecule has 29 heavy (non-hydrogen) atoms. The lowest BCUT2D eigenvalue weighted by Crippen LogP contribution is -2.40. The Labute approximate surface area is 162 Å². The van der Waals surface area contributed by atoms with Crippen molar-refractivity contribution in [2.24, 2.45) is 5.41 Å². The third kappa shape index (κ3) is 6.26. The van der Waals surface area contributed by atoms with Gasteiger partial charge in [0, 0.05) is 6.61 Å². The van der Waals surface area contributed by atoms with Crippen LogP contribution in [-0.2, 0) is 19.0 Å². The molecule has 1 rings (SSSR count). The van der Waals surface area contributed by atoms with Crippen LogP contribution in [0.2, 0.25) is 0 Å². The number of carbonyl (C=O) groups is 2. The largest absolute Gasteiger partial charge is 0.508 e. The van der Waals surface area contributed by atoms with E-state index in [9.17, 15) is 36.6 Å². The summed E-state index contributed by atoms with van der Waals surface area (Å²) in [5, 5.41) is 9.36. The van der Waals surface area contributed by atoms with Gasteiger partial charge in [0.2, 0.25) is 34.8 Å². The van der Waals surface area contributed by atoms with Crippen LogP contribution < -0.4 is 4.74 Å². The molecule has 0 aromatic heterocycles. The summed E-state index contributed by atoms with van der Waals surface area (Å²) in [7, 11) is 0. The normalized spacial score (nSPS) is 13.0. The standard InChI is InChI=1S/C17H19F5O7/c1-3-4-26-5-6-27-16(25)28-8-17(2,7-23)15(24)29-14-12(21)10(19)9(18)11(20)13(14)22/h23H,3-8H2,1-2H3. The van der Waals surface area contributed by atoms with E-state index < -0.39 is 65.6 Å². The van der Waals surface area contributed by atoms with Gasteiger partial charge < -0.3 is 24.1 Å². The fourth-order valence-electron chi connectivity index (χ4n) is 1.75. The summed E-state index contributed by atoms with van der Waals surface area (Å²) in [6.07, 6.45) is -0.487. The SMILES string of the molecule is CCCOCCOC(=O)OCC(C)(CO)C(=O)Oc1c(F)c(F)c(F)c(F)c1F. The minimum Gasteiger partial charge on any atom is -0.433 e. The molecule has 1 unspecified atom stereocenters. The zero-order chi connectivity index (χ0) is 22.2. The molecule has 0 aliphatic carbocycles. The maximum absolute atomic E-state index is 13.6. The summed E-state index contributed by atoms with van der Waals surface area (Å²) >= 11 is 0. The summed E-state index contributed by atoms with van der Waals surface area (Å²) in [5.41, 5.74) is -2.09. The Balaban J connectivity index is 2.77. The fourth-order valence-corrected chi connectivity index (χ4v) is 1.75. The smallest absolute Gasteiger partial charge is 0.433 e. The third-order valence-corrected chi connectivity index (χ3v) is 3.51. The van der Waals surface area contributed by atoms with Gasteiger partial charge in [0.1, 0.15) is 18.6 Å². The first-order valence-electron chi connectivity index (χ1n) is 8.30. The number of rotatable bonds is 10. The lowest BCUT2D eigenvalue weighted by Gasteiger charge is -2.24. The molecule has 164 valence electrons. The number of benzene rings is 1. The first-order chi connectivity index (χ1) is 13.6. The average Bonchev–Trinajstić information content (AvgIpc) is 2.71. The zero-order valence-corrected chi connectivity index (χ0v) is 15.5. The predicted molar refractivity (Wildman–Crippen MR) is 85.5 cm³/mol. The zero-order valence-electron chi connectivity index (χ0n) is 15.5. The molecule has 0 spiro atoms. The molecule has 0 saturated heterocycles. The second-order valence-electron chi connectivity index (χ2n) is 6.01. The molecule has 1 N–H and O–H groups in total. The molecule has 0 radical (unpaired) electrons. The van der Waals surface area contributed by atoms with Crippen molar-refractivity contribution in [3.63, 3.8) is 0 Å². The van der Waals surface area contributed by atoms with Crippen molar-refractivity contribution in [1.82, 2.24) is 0 Å². The molecule has 0 heterocycles. The second kappa shape index (κ2) is 10.9. The van der Waals surface area contributed by atoms with E-state index in [2.05, 4.69) is 14.2 Å². The minimum atomic E-state index is -2.43. The van der Waals surface area contributed by atoms with Crippen molar-refractivity contribution in [2.75, 3.05) is 33.0 Å². The van der Waals surface area contributed by atoms with Crippen LogP contribution in [0.4, 0.5) is 26.7 Å². The minimum absolute atomic E-state index is 0.0858. The van der Waals surface area contributed by atoms with Crippen molar-refractivity contribution in [1.29, 1.82) is 0 Å². The molecule has 0 aliphatic heterocycles. The molecular weight excluding hydrogens is 411 g/mol. The molecule has 7 nitrogen and oxygen atoms in total. The van der Waals surface area contributed by atoms with Gasteiger partial charge in [0.25, 0.3) is 0 Å². The van der Waals surface area contributed by atoms with E-state index in [1.165, 1.54) is 0 Å². The van der Waals surface area contributed by atoms with Gasteiger partial charge in [0.05, 0.1) is 13.2 Å². The molecule has 1 atom stereocenters. The van der Waals surface area contributed by atoms with Gasteiger partial charge in [-0.05, 0) is 13.3 Å². The highest BCUT2D eigenvalue weighted by Gasteiger charge is 2.39. The van der Waals surface area contributed by atoms with E-state index >= 15 is 0 Å². The van der Waals surface area contributed by atoms with E-state index in [4.69, 9.17) is 4.74 Å². The van der Waals surface area contributed by atoms with Crippen molar-refractivity contribution < 1.29 is 55.6 Å². The second-order valence-corrected chi connectivity index (χ2v) is 6.01. The van der Waals surface area contributed by atoms with Crippen molar-refractivity contribution in [3.8, 4) is 5.75 Å². The first-order valence-corrected chi connectivity index (χ1v) is 8.30. The predicted octanol–water partition coefficient (Wildman–Crippen LogP) is 2.87. The molecule has 1 aromatic rings. The molecule has 0 bridgehead atoms. The Hall–Kier alpha value is -2.47. The lowest BCUT2D eigenvalue weighted by atomic mass is 9.93. The monoisotopic (exact) mass is 430 g/mol. The Kier molecular flexibility index (Phi) is 9.24. The number of halogens is 5. The highest BCUT2D eigenvalue weighted by atomic mass is 19.2. The fraction of sp³-hybridized carbons (Fsp3) is 0.529. The summed E-state index contributed by atoms with van der Waals surface area (Å²) < 4.78 is 85.2. The average molecular weight is 430 g/mol. The van der Waals surface area contributed by atoms with Gasteiger partial charge in [-0.3, -0.25) is 4.79 Å². The number of carbonyl (C=O) groups excluding carboxylic acids is 2. The van der Waals surface area contributed by atoms with Crippen LogP contribution in [0.15, 0.2) is 0 Å². The maximum atomic E-state index is 13.6.